The van der Waals surface area contributed by atoms with Crippen molar-refractivity contribution in [3.63, 3.8) is 0 Å². The minimum absolute atomic E-state index is 0.108. The van der Waals surface area contributed by atoms with Gasteiger partial charge in [0.1, 0.15) is 0 Å². The van der Waals surface area contributed by atoms with Gasteiger partial charge in [-0.15, -0.1) is 11.8 Å². The first-order valence-electron chi connectivity index (χ1n) is 11.0. The minimum atomic E-state index is -0.380. The van der Waals surface area contributed by atoms with E-state index in [1.165, 1.54) is 0 Å². The summed E-state index contributed by atoms with van der Waals surface area (Å²) in [6.07, 6.45) is 5.12. The van der Waals surface area contributed by atoms with Crippen LogP contribution < -0.4 is 5.32 Å². The SMILES string of the molecule is CCCCCN1C(=O)NC(c2ccc(SC)cc2)C(c2nc(-c3ccc(Cl)cc3)no2)=C1C. The Morgan fingerprint density at radius 2 is 1.85 bits per heavy atom. The molecule has 4 rings (SSSR count). The van der Waals surface area contributed by atoms with Crippen LogP contribution in [0.3, 0.4) is 0 Å². The van der Waals surface area contributed by atoms with Crippen molar-refractivity contribution >= 4 is 35.0 Å². The summed E-state index contributed by atoms with van der Waals surface area (Å²) < 4.78 is 5.73. The number of thioether (sulfide) groups is 1. The molecule has 2 aromatic carbocycles. The maximum absolute atomic E-state index is 13.0. The highest BCUT2D eigenvalue weighted by atomic mass is 35.5. The number of aromatic nitrogens is 2. The first kappa shape index (κ1) is 23.4. The smallest absolute Gasteiger partial charge is 0.322 e. The lowest BCUT2D eigenvalue weighted by Crippen LogP contribution is -2.46. The summed E-state index contributed by atoms with van der Waals surface area (Å²) in [6, 6.07) is 15.0. The molecule has 0 bridgehead atoms. The zero-order valence-corrected chi connectivity index (χ0v) is 20.5. The molecule has 2 heterocycles. The third-order valence-electron chi connectivity index (χ3n) is 5.79. The molecule has 0 aliphatic carbocycles. The Labute approximate surface area is 203 Å². The normalized spacial score (nSPS) is 16.3. The molecule has 0 saturated carbocycles. The van der Waals surface area contributed by atoms with E-state index >= 15 is 0 Å². The molecule has 0 saturated heterocycles. The first-order valence-corrected chi connectivity index (χ1v) is 12.6. The van der Waals surface area contributed by atoms with Crippen molar-refractivity contribution < 1.29 is 9.32 Å². The van der Waals surface area contributed by atoms with E-state index in [2.05, 4.69) is 34.5 Å². The van der Waals surface area contributed by atoms with Crippen molar-refractivity contribution in [3.05, 3.63) is 70.7 Å². The van der Waals surface area contributed by atoms with Crippen LogP contribution in [0.5, 0.6) is 0 Å². The number of nitrogens with one attached hydrogen (secondary N) is 1. The number of hydrogen-bond acceptors (Lipinski definition) is 5. The van der Waals surface area contributed by atoms with Gasteiger partial charge in [-0.1, -0.05) is 48.7 Å². The Morgan fingerprint density at radius 1 is 1.12 bits per heavy atom. The van der Waals surface area contributed by atoms with Crippen LogP contribution in [-0.4, -0.2) is 33.9 Å². The van der Waals surface area contributed by atoms with Gasteiger partial charge >= 0.3 is 6.03 Å². The fraction of sp³-hybridized carbons (Fsp3) is 0.320. The molecule has 1 aliphatic rings. The third kappa shape index (κ3) is 5.09. The average molecular weight is 483 g/mol. The summed E-state index contributed by atoms with van der Waals surface area (Å²) in [7, 11) is 0. The largest absolute Gasteiger partial charge is 0.334 e. The fourth-order valence-electron chi connectivity index (χ4n) is 3.94. The lowest BCUT2D eigenvalue weighted by Gasteiger charge is -2.35. The number of unbranched alkanes of at least 4 members (excludes halogenated alkanes) is 2. The zero-order valence-electron chi connectivity index (χ0n) is 19.0. The first-order chi connectivity index (χ1) is 16.0. The Hall–Kier alpha value is -2.77. The van der Waals surface area contributed by atoms with Crippen LogP contribution in [0.1, 0.15) is 50.6 Å². The summed E-state index contributed by atoms with van der Waals surface area (Å²) in [6.45, 7) is 4.75. The number of nitrogens with zero attached hydrogens (tertiary/aromatic N) is 3. The highest BCUT2D eigenvalue weighted by Crippen LogP contribution is 2.38. The van der Waals surface area contributed by atoms with Crippen LogP contribution in [0.2, 0.25) is 5.02 Å². The minimum Gasteiger partial charge on any atom is -0.334 e. The van der Waals surface area contributed by atoms with Gasteiger partial charge < -0.3 is 9.84 Å². The molecule has 8 heteroatoms. The van der Waals surface area contributed by atoms with E-state index in [4.69, 9.17) is 16.1 Å². The van der Waals surface area contributed by atoms with Crippen LogP contribution in [0, 0.1) is 0 Å². The molecule has 0 radical (unpaired) electrons. The van der Waals surface area contributed by atoms with Gasteiger partial charge in [0.15, 0.2) is 0 Å². The van der Waals surface area contributed by atoms with Gasteiger partial charge in [-0.2, -0.15) is 4.98 Å². The van der Waals surface area contributed by atoms with Crippen molar-refractivity contribution in [2.45, 2.75) is 44.0 Å². The van der Waals surface area contributed by atoms with Gasteiger partial charge in [-0.3, -0.25) is 4.90 Å². The number of carbonyl (C=O) groups is 1. The summed E-state index contributed by atoms with van der Waals surface area (Å²) in [5.74, 6) is 0.879. The van der Waals surface area contributed by atoms with Crippen LogP contribution in [0.25, 0.3) is 17.0 Å². The molecule has 1 aromatic heterocycles. The predicted octanol–water partition coefficient (Wildman–Crippen LogP) is 6.80. The lowest BCUT2D eigenvalue weighted by molar-refractivity contribution is 0.204. The maximum atomic E-state index is 13.0. The quantitative estimate of drug-likeness (QED) is 0.282. The number of allylic oxidation sites excluding steroid dienone is 1. The molecule has 1 N–H and O–H groups in total. The van der Waals surface area contributed by atoms with E-state index in [1.807, 2.05) is 37.4 Å². The monoisotopic (exact) mass is 482 g/mol. The summed E-state index contributed by atoms with van der Waals surface area (Å²) in [5, 5.41) is 8.01. The van der Waals surface area contributed by atoms with E-state index in [-0.39, 0.29) is 12.1 Å². The van der Waals surface area contributed by atoms with Gasteiger partial charge in [0.25, 0.3) is 5.89 Å². The van der Waals surface area contributed by atoms with Crippen molar-refractivity contribution in [1.29, 1.82) is 0 Å². The molecule has 33 heavy (non-hydrogen) atoms. The van der Waals surface area contributed by atoms with Crippen LogP contribution in [0.4, 0.5) is 4.79 Å². The van der Waals surface area contributed by atoms with Crippen molar-refractivity contribution in [2.75, 3.05) is 12.8 Å². The number of halogens is 1. The van der Waals surface area contributed by atoms with Crippen LogP contribution >= 0.6 is 23.4 Å². The predicted molar refractivity (Wildman–Crippen MR) is 133 cm³/mol. The Bertz CT molecular complexity index is 1140. The van der Waals surface area contributed by atoms with Crippen molar-refractivity contribution in [2.24, 2.45) is 0 Å². The topological polar surface area (TPSA) is 71.3 Å². The van der Waals surface area contributed by atoms with E-state index < -0.39 is 0 Å². The number of benzene rings is 2. The van der Waals surface area contributed by atoms with E-state index in [1.54, 1.807) is 28.8 Å². The van der Waals surface area contributed by atoms with Gasteiger partial charge in [0.2, 0.25) is 5.82 Å². The van der Waals surface area contributed by atoms with E-state index in [9.17, 15) is 4.79 Å². The maximum Gasteiger partial charge on any atom is 0.322 e. The molecule has 1 unspecified atom stereocenters. The molecule has 1 atom stereocenters. The number of hydrogen-bond donors (Lipinski definition) is 1. The fourth-order valence-corrected chi connectivity index (χ4v) is 4.48. The van der Waals surface area contributed by atoms with Gasteiger partial charge in [-0.05, 0) is 61.6 Å². The molecule has 2 amide bonds. The average Bonchev–Trinajstić information content (AvgIpc) is 3.31. The summed E-state index contributed by atoms with van der Waals surface area (Å²) in [5.41, 5.74) is 3.43. The number of carbonyl (C=O) groups excluding carboxylic acids is 1. The zero-order chi connectivity index (χ0) is 23.4. The molecular weight excluding hydrogens is 456 g/mol. The molecule has 0 spiro atoms. The number of rotatable bonds is 8. The molecular formula is C25H27ClN4O2S. The highest BCUT2D eigenvalue weighted by molar-refractivity contribution is 7.98. The summed E-state index contributed by atoms with van der Waals surface area (Å²) >= 11 is 7.69. The van der Waals surface area contributed by atoms with Crippen LogP contribution in [0.15, 0.2) is 63.6 Å². The number of urea groups is 1. The van der Waals surface area contributed by atoms with E-state index in [0.717, 1.165) is 46.6 Å². The van der Waals surface area contributed by atoms with Crippen molar-refractivity contribution in [1.82, 2.24) is 20.4 Å². The van der Waals surface area contributed by atoms with Crippen LogP contribution in [-0.2, 0) is 0 Å². The van der Waals surface area contributed by atoms with Gasteiger partial charge in [-0.25, -0.2) is 4.79 Å². The Morgan fingerprint density at radius 3 is 2.52 bits per heavy atom. The van der Waals surface area contributed by atoms with E-state index in [0.29, 0.717) is 23.3 Å². The third-order valence-corrected chi connectivity index (χ3v) is 6.79. The van der Waals surface area contributed by atoms with Crippen molar-refractivity contribution in [3.8, 4) is 11.4 Å². The van der Waals surface area contributed by atoms with Gasteiger partial charge in [0.05, 0.1) is 11.6 Å². The second kappa shape index (κ2) is 10.4. The summed E-state index contributed by atoms with van der Waals surface area (Å²) in [4.78, 5) is 20.7. The molecule has 1 aliphatic heterocycles. The highest BCUT2D eigenvalue weighted by Gasteiger charge is 2.35. The molecule has 0 fully saturated rings. The molecule has 3 aromatic rings. The Balaban J connectivity index is 1.75. The standard InChI is InChI=1S/C25H27ClN4O2S/c1-4-5-6-15-30-16(2)21(22(27-25(30)31)17-9-13-20(33-3)14-10-17)24-28-23(29-32-24)18-7-11-19(26)12-8-18/h7-14,22H,4-6,15H2,1-3H3,(H,27,31). The Kier molecular flexibility index (Phi) is 7.40. The van der Waals surface area contributed by atoms with Gasteiger partial charge in [0, 0.05) is 27.7 Å². The molecule has 172 valence electrons. The second-order valence-electron chi connectivity index (χ2n) is 7.94. The lowest BCUT2D eigenvalue weighted by atomic mass is 9.94. The molecule has 6 nitrogen and oxygen atoms in total. The second-order valence-corrected chi connectivity index (χ2v) is 9.26. The number of amides is 2.